The monoisotopic (exact) mass is 230 g/mol. The van der Waals surface area contributed by atoms with E-state index in [-0.39, 0.29) is 0 Å². The Hall–Kier alpha value is -0.890. The molecule has 0 aliphatic heterocycles. The van der Waals surface area contributed by atoms with E-state index in [1.54, 1.807) is 0 Å². The summed E-state index contributed by atoms with van der Waals surface area (Å²) < 4.78 is 0. The highest BCUT2D eigenvalue weighted by molar-refractivity contribution is 5.32. The van der Waals surface area contributed by atoms with Crippen LogP contribution in [0.5, 0.6) is 0 Å². The molecule has 1 aromatic rings. The molecule has 2 aliphatic rings. The average molecular weight is 230 g/mol. The first-order chi connectivity index (χ1) is 8.14. The Morgan fingerprint density at radius 3 is 2.41 bits per heavy atom. The minimum atomic E-state index is 0.393. The molecule has 1 N–H and O–H groups in total. The number of hydrogen-bond acceptors (Lipinski definition) is 2. The molecule has 0 unspecified atom stereocenters. The highest BCUT2D eigenvalue weighted by Gasteiger charge is 2.60. The average Bonchev–Trinajstić information content (AvgIpc) is 3.06. The molecule has 1 heterocycles. The first kappa shape index (κ1) is 11.2. The predicted octanol–water partition coefficient (Wildman–Crippen LogP) is 2.89. The van der Waals surface area contributed by atoms with Gasteiger partial charge in [-0.25, -0.2) is 0 Å². The molecule has 0 amide bonds. The highest BCUT2D eigenvalue weighted by atomic mass is 14.9. The zero-order valence-electron chi connectivity index (χ0n) is 10.9. The SMILES string of the molecule is CC(C)NCC1(c2ccncc2)CC2(CC2)C1. The Balaban J connectivity index is 1.78. The fraction of sp³-hybridized carbons (Fsp3) is 0.667. The predicted molar refractivity (Wildman–Crippen MR) is 70.0 cm³/mol. The first-order valence-electron chi connectivity index (χ1n) is 6.78. The van der Waals surface area contributed by atoms with Crippen LogP contribution in [0.2, 0.25) is 0 Å². The van der Waals surface area contributed by atoms with Crippen LogP contribution in [0.4, 0.5) is 0 Å². The largest absolute Gasteiger partial charge is 0.314 e. The molecule has 0 radical (unpaired) electrons. The number of rotatable bonds is 4. The van der Waals surface area contributed by atoms with Crippen LogP contribution in [0.15, 0.2) is 24.5 Å². The van der Waals surface area contributed by atoms with Crippen LogP contribution in [-0.2, 0) is 5.41 Å². The van der Waals surface area contributed by atoms with E-state index in [1.807, 2.05) is 12.4 Å². The molecular weight excluding hydrogens is 208 g/mol. The Morgan fingerprint density at radius 2 is 1.88 bits per heavy atom. The van der Waals surface area contributed by atoms with Crippen molar-refractivity contribution in [2.75, 3.05) is 6.54 Å². The molecule has 2 fully saturated rings. The van der Waals surface area contributed by atoms with E-state index in [2.05, 4.69) is 36.3 Å². The van der Waals surface area contributed by atoms with E-state index in [9.17, 15) is 0 Å². The van der Waals surface area contributed by atoms with Crippen LogP contribution in [-0.4, -0.2) is 17.6 Å². The van der Waals surface area contributed by atoms with E-state index in [0.29, 0.717) is 11.5 Å². The summed E-state index contributed by atoms with van der Waals surface area (Å²) in [6.07, 6.45) is 9.55. The third-order valence-corrected chi connectivity index (χ3v) is 4.53. The summed E-state index contributed by atoms with van der Waals surface area (Å²) in [5.41, 5.74) is 2.62. The lowest BCUT2D eigenvalue weighted by molar-refractivity contribution is 0.114. The van der Waals surface area contributed by atoms with Crippen molar-refractivity contribution >= 4 is 0 Å². The van der Waals surface area contributed by atoms with E-state index in [4.69, 9.17) is 0 Å². The van der Waals surface area contributed by atoms with Crippen molar-refractivity contribution < 1.29 is 0 Å². The Morgan fingerprint density at radius 1 is 1.24 bits per heavy atom. The maximum absolute atomic E-state index is 4.14. The molecule has 3 rings (SSSR count). The first-order valence-corrected chi connectivity index (χ1v) is 6.78. The minimum absolute atomic E-state index is 0.393. The summed E-state index contributed by atoms with van der Waals surface area (Å²) in [5, 5.41) is 3.63. The molecular formula is C15H22N2. The Labute approximate surface area is 104 Å². The summed E-state index contributed by atoms with van der Waals surface area (Å²) in [4.78, 5) is 4.14. The molecule has 2 heteroatoms. The van der Waals surface area contributed by atoms with E-state index in [0.717, 1.165) is 12.0 Å². The van der Waals surface area contributed by atoms with E-state index < -0.39 is 0 Å². The zero-order chi connectivity index (χ0) is 11.9. The smallest absolute Gasteiger partial charge is 0.0270 e. The highest BCUT2D eigenvalue weighted by Crippen LogP contribution is 2.68. The van der Waals surface area contributed by atoms with Crippen LogP contribution in [0.3, 0.4) is 0 Å². The van der Waals surface area contributed by atoms with Gasteiger partial charge in [-0.1, -0.05) is 13.8 Å². The van der Waals surface area contributed by atoms with Gasteiger partial charge in [-0.15, -0.1) is 0 Å². The number of hydrogen-bond donors (Lipinski definition) is 1. The number of pyridine rings is 1. The van der Waals surface area contributed by atoms with Gasteiger partial charge in [-0.05, 0) is 48.8 Å². The van der Waals surface area contributed by atoms with Crippen molar-refractivity contribution in [1.82, 2.24) is 10.3 Å². The van der Waals surface area contributed by atoms with E-state index >= 15 is 0 Å². The van der Waals surface area contributed by atoms with Crippen LogP contribution in [0.1, 0.15) is 45.1 Å². The number of nitrogens with one attached hydrogen (secondary N) is 1. The third kappa shape index (κ3) is 1.99. The van der Waals surface area contributed by atoms with Gasteiger partial charge in [0.1, 0.15) is 0 Å². The second-order valence-electron chi connectivity index (χ2n) is 6.41. The van der Waals surface area contributed by atoms with Crippen LogP contribution >= 0.6 is 0 Å². The fourth-order valence-corrected chi connectivity index (χ4v) is 3.45. The molecule has 0 atom stereocenters. The Bertz CT molecular complexity index is 385. The molecule has 2 aliphatic carbocycles. The van der Waals surface area contributed by atoms with Gasteiger partial charge < -0.3 is 5.32 Å². The van der Waals surface area contributed by atoms with E-state index in [1.165, 1.54) is 31.2 Å². The van der Waals surface area contributed by atoms with Crippen LogP contribution in [0.25, 0.3) is 0 Å². The summed E-state index contributed by atoms with van der Waals surface area (Å²) in [6.45, 7) is 5.58. The lowest BCUT2D eigenvalue weighted by Gasteiger charge is -2.50. The summed E-state index contributed by atoms with van der Waals surface area (Å²) in [5.74, 6) is 0. The van der Waals surface area contributed by atoms with Gasteiger partial charge in [0.05, 0.1) is 0 Å². The number of aromatic nitrogens is 1. The van der Waals surface area contributed by atoms with Gasteiger partial charge in [-0.3, -0.25) is 4.98 Å². The van der Waals surface area contributed by atoms with Gasteiger partial charge in [0, 0.05) is 30.4 Å². The molecule has 2 saturated carbocycles. The van der Waals surface area contributed by atoms with Gasteiger partial charge in [0.25, 0.3) is 0 Å². The molecule has 0 aromatic carbocycles. The summed E-state index contributed by atoms with van der Waals surface area (Å²) >= 11 is 0. The molecule has 0 bridgehead atoms. The lowest BCUT2D eigenvalue weighted by atomic mass is 9.56. The topological polar surface area (TPSA) is 24.9 Å². The van der Waals surface area contributed by atoms with Crippen molar-refractivity contribution in [1.29, 1.82) is 0 Å². The van der Waals surface area contributed by atoms with Crippen molar-refractivity contribution in [3.63, 3.8) is 0 Å². The van der Waals surface area contributed by atoms with Crippen molar-refractivity contribution in [3.8, 4) is 0 Å². The maximum Gasteiger partial charge on any atom is 0.0270 e. The zero-order valence-corrected chi connectivity index (χ0v) is 10.9. The quantitative estimate of drug-likeness (QED) is 0.860. The Kier molecular flexibility index (Phi) is 2.51. The minimum Gasteiger partial charge on any atom is -0.314 e. The standard InChI is InChI=1S/C15H22N2/c1-12(2)17-11-15(9-14(10-15)5-6-14)13-3-7-16-8-4-13/h3-4,7-8,12,17H,5-6,9-11H2,1-2H3. The molecule has 0 saturated heterocycles. The second-order valence-corrected chi connectivity index (χ2v) is 6.41. The van der Waals surface area contributed by atoms with Gasteiger partial charge in [0.2, 0.25) is 0 Å². The normalized spacial score (nSPS) is 23.7. The fourth-order valence-electron chi connectivity index (χ4n) is 3.45. The maximum atomic E-state index is 4.14. The molecule has 1 spiro atoms. The second kappa shape index (κ2) is 3.81. The van der Waals surface area contributed by atoms with Gasteiger partial charge in [-0.2, -0.15) is 0 Å². The summed E-state index contributed by atoms with van der Waals surface area (Å²) in [7, 11) is 0. The van der Waals surface area contributed by atoms with Crippen LogP contribution in [0, 0.1) is 5.41 Å². The number of nitrogens with zero attached hydrogens (tertiary/aromatic N) is 1. The van der Waals surface area contributed by atoms with Crippen molar-refractivity contribution in [2.45, 2.75) is 51.0 Å². The van der Waals surface area contributed by atoms with Crippen LogP contribution < -0.4 is 5.32 Å². The summed E-state index contributed by atoms with van der Waals surface area (Å²) in [6, 6.07) is 4.98. The molecule has 92 valence electrons. The van der Waals surface area contributed by atoms with Gasteiger partial charge in [0.15, 0.2) is 0 Å². The molecule has 2 nitrogen and oxygen atoms in total. The van der Waals surface area contributed by atoms with Crippen molar-refractivity contribution in [3.05, 3.63) is 30.1 Å². The van der Waals surface area contributed by atoms with Gasteiger partial charge >= 0.3 is 0 Å². The molecule has 1 aromatic heterocycles. The lowest BCUT2D eigenvalue weighted by Crippen LogP contribution is -2.50. The molecule has 17 heavy (non-hydrogen) atoms. The third-order valence-electron chi connectivity index (χ3n) is 4.53. The van der Waals surface area contributed by atoms with Crippen molar-refractivity contribution in [2.24, 2.45) is 5.41 Å².